The quantitative estimate of drug-likeness (QED) is 0.914. The molecule has 0 aromatic heterocycles. The van der Waals surface area contributed by atoms with Crippen molar-refractivity contribution in [2.45, 2.75) is 32.0 Å². The van der Waals surface area contributed by atoms with Gasteiger partial charge >= 0.3 is 0 Å². The molecule has 3 rings (SSSR count). The third kappa shape index (κ3) is 2.28. The molecule has 4 nitrogen and oxygen atoms in total. The van der Waals surface area contributed by atoms with E-state index in [1.807, 2.05) is 12.1 Å². The molecule has 5 heteroatoms. The largest absolute Gasteiger partial charge is 0.454 e. The lowest BCUT2D eigenvalue weighted by Crippen LogP contribution is -2.34. The molecule has 0 saturated carbocycles. The predicted molar refractivity (Wildman–Crippen MR) is 68.2 cm³/mol. The number of benzene rings is 1. The van der Waals surface area contributed by atoms with Crippen LogP contribution in [-0.2, 0) is 11.3 Å². The van der Waals surface area contributed by atoms with E-state index in [1.54, 1.807) is 0 Å². The molecule has 1 aromatic rings. The van der Waals surface area contributed by atoms with Crippen LogP contribution in [0, 0.1) is 0 Å². The number of hydrogen-bond donors (Lipinski definition) is 1. The number of rotatable bonds is 3. The maximum Gasteiger partial charge on any atom is 0.231 e. The smallest absolute Gasteiger partial charge is 0.231 e. The number of nitrogens with one attached hydrogen (secondary N) is 1. The van der Waals surface area contributed by atoms with E-state index in [2.05, 4.69) is 12.2 Å². The lowest BCUT2D eigenvalue weighted by Gasteiger charge is -2.16. The van der Waals surface area contributed by atoms with Crippen LogP contribution in [0.1, 0.15) is 18.9 Å². The summed E-state index contributed by atoms with van der Waals surface area (Å²) in [4.78, 5) is 0. The molecule has 2 aliphatic rings. The highest BCUT2D eigenvalue weighted by molar-refractivity contribution is 6.32. The number of hydrogen-bond acceptors (Lipinski definition) is 4. The van der Waals surface area contributed by atoms with Crippen LogP contribution in [0.25, 0.3) is 0 Å². The zero-order valence-corrected chi connectivity index (χ0v) is 11.0. The Balaban J connectivity index is 1.68. The molecule has 0 aliphatic carbocycles. The molecule has 0 bridgehead atoms. The van der Waals surface area contributed by atoms with E-state index in [-0.39, 0.29) is 12.9 Å². The lowest BCUT2D eigenvalue weighted by atomic mass is 10.1. The third-order valence-corrected chi connectivity index (χ3v) is 3.71. The van der Waals surface area contributed by atoms with Gasteiger partial charge in [0.05, 0.1) is 11.1 Å². The minimum atomic E-state index is 0.249. The highest BCUT2D eigenvalue weighted by Gasteiger charge is 2.24. The van der Waals surface area contributed by atoms with Crippen molar-refractivity contribution in [3.63, 3.8) is 0 Å². The van der Waals surface area contributed by atoms with Crippen LogP contribution in [0.3, 0.4) is 0 Å². The molecule has 2 heterocycles. The molecule has 0 unspecified atom stereocenters. The van der Waals surface area contributed by atoms with Crippen molar-refractivity contribution in [1.29, 1.82) is 0 Å². The minimum absolute atomic E-state index is 0.249. The Morgan fingerprint density at radius 1 is 1.39 bits per heavy atom. The first-order valence-electron chi connectivity index (χ1n) is 6.17. The zero-order valence-electron chi connectivity index (χ0n) is 10.2. The van der Waals surface area contributed by atoms with Crippen LogP contribution in [0.2, 0.25) is 5.02 Å². The molecule has 1 N–H and O–H groups in total. The second kappa shape index (κ2) is 4.96. The van der Waals surface area contributed by atoms with E-state index >= 15 is 0 Å². The summed E-state index contributed by atoms with van der Waals surface area (Å²) < 4.78 is 16.2. The van der Waals surface area contributed by atoms with Crippen LogP contribution in [0.4, 0.5) is 0 Å². The number of halogens is 1. The fourth-order valence-corrected chi connectivity index (χ4v) is 2.66. The van der Waals surface area contributed by atoms with Crippen LogP contribution >= 0.6 is 11.6 Å². The van der Waals surface area contributed by atoms with Gasteiger partial charge in [-0.05, 0) is 31.0 Å². The first kappa shape index (κ1) is 12.1. The SMILES string of the molecule is C[C@H]1OCC[C@@H]1NCc1cc(Cl)c2c(c1)OCO2. The van der Waals surface area contributed by atoms with E-state index in [4.69, 9.17) is 25.8 Å². The molecule has 2 atom stereocenters. The van der Waals surface area contributed by atoms with Gasteiger partial charge in [-0.25, -0.2) is 0 Å². The van der Waals surface area contributed by atoms with Gasteiger partial charge in [-0.3, -0.25) is 0 Å². The fraction of sp³-hybridized carbons (Fsp3) is 0.538. The standard InChI is InChI=1S/C13H16ClNO3/c1-8-11(2-3-16-8)15-6-9-4-10(14)13-12(5-9)17-7-18-13/h4-5,8,11,15H,2-3,6-7H2,1H3/t8-,11+/m1/s1. The van der Waals surface area contributed by atoms with E-state index in [0.717, 1.165) is 30.9 Å². The monoisotopic (exact) mass is 269 g/mol. The van der Waals surface area contributed by atoms with Gasteiger partial charge in [0.2, 0.25) is 6.79 Å². The lowest BCUT2D eigenvalue weighted by molar-refractivity contribution is 0.113. The molecule has 2 aliphatic heterocycles. The highest BCUT2D eigenvalue weighted by Crippen LogP contribution is 2.39. The Hall–Kier alpha value is -0.970. The summed E-state index contributed by atoms with van der Waals surface area (Å²) in [5, 5.41) is 4.09. The Labute approximate surface area is 111 Å². The van der Waals surface area contributed by atoms with Crippen LogP contribution in [0.5, 0.6) is 11.5 Å². The Morgan fingerprint density at radius 2 is 2.28 bits per heavy atom. The molecule has 0 radical (unpaired) electrons. The van der Waals surface area contributed by atoms with Gasteiger partial charge in [-0.1, -0.05) is 11.6 Å². The van der Waals surface area contributed by atoms with Crippen LogP contribution < -0.4 is 14.8 Å². The Kier molecular flexibility index (Phi) is 3.33. The second-order valence-electron chi connectivity index (χ2n) is 4.66. The summed E-state index contributed by atoms with van der Waals surface area (Å²) in [7, 11) is 0. The van der Waals surface area contributed by atoms with E-state index in [0.29, 0.717) is 16.8 Å². The van der Waals surface area contributed by atoms with Gasteiger partial charge in [0.1, 0.15) is 0 Å². The van der Waals surface area contributed by atoms with Crippen molar-refractivity contribution in [2.75, 3.05) is 13.4 Å². The van der Waals surface area contributed by atoms with Crippen molar-refractivity contribution in [2.24, 2.45) is 0 Å². The summed E-state index contributed by atoms with van der Waals surface area (Å²) in [6, 6.07) is 4.30. The van der Waals surface area contributed by atoms with Crippen LogP contribution in [0.15, 0.2) is 12.1 Å². The molecule has 98 valence electrons. The summed E-state index contributed by atoms with van der Waals surface area (Å²) >= 11 is 6.14. The Morgan fingerprint density at radius 3 is 3.06 bits per heavy atom. The fourth-order valence-electron chi connectivity index (χ4n) is 2.37. The molecule has 18 heavy (non-hydrogen) atoms. The maximum absolute atomic E-state index is 6.14. The molecule has 0 spiro atoms. The van der Waals surface area contributed by atoms with E-state index in [1.165, 1.54) is 0 Å². The molecule has 1 saturated heterocycles. The predicted octanol–water partition coefficient (Wildman–Crippen LogP) is 2.34. The number of ether oxygens (including phenoxy) is 3. The molecule has 0 amide bonds. The van der Waals surface area contributed by atoms with E-state index < -0.39 is 0 Å². The number of fused-ring (bicyclic) bond motifs is 1. The van der Waals surface area contributed by atoms with Crippen molar-refractivity contribution >= 4 is 11.6 Å². The minimum Gasteiger partial charge on any atom is -0.454 e. The Bertz CT molecular complexity index is 452. The molecular weight excluding hydrogens is 254 g/mol. The molecule has 1 fully saturated rings. The van der Waals surface area contributed by atoms with Gasteiger partial charge in [0.25, 0.3) is 0 Å². The van der Waals surface area contributed by atoms with Gasteiger partial charge in [-0.15, -0.1) is 0 Å². The van der Waals surface area contributed by atoms with Crippen LogP contribution in [-0.4, -0.2) is 25.5 Å². The second-order valence-corrected chi connectivity index (χ2v) is 5.07. The van der Waals surface area contributed by atoms with Crippen molar-refractivity contribution in [3.8, 4) is 11.5 Å². The summed E-state index contributed by atoms with van der Waals surface area (Å²) in [5.41, 5.74) is 1.10. The van der Waals surface area contributed by atoms with Crippen molar-refractivity contribution in [3.05, 3.63) is 22.7 Å². The maximum atomic E-state index is 6.14. The van der Waals surface area contributed by atoms with Gasteiger partial charge in [-0.2, -0.15) is 0 Å². The van der Waals surface area contributed by atoms with Crippen molar-refractivity contribution in [1.82, 2.24) is 5.32 Å². The van der Waals surface area contributed by atoms with Gasteiger partial charge in [0, 0.05) is 19.2 Å². The molecular formula is C13H16ClNO3. The van der Waals surface area contributed by atoms with E-state index in [9.17, 15) is 0 Å². The average Bonchev–Trinajstić information content (AvgIpc) is 2.95. The average molecular weight is 270 g/mol. The summed E-state index contributed by atoms with van der Waals surface area (Å²) in [6.07, 6.45) is 1.33. The first-order chi connectivity index (χ1) is 8.74. The topological polar surface area (TPSA) is 39.7 Å². The normalized spacial score (nSPS) is 25.7. The van der Waals surface area contributed by atoms with Gasteiger partial charge in [0.15, 0.2) is 11.5 Å². The third-order valence-electron chi connectivity index (χ3n) is 3.43. The van der Waals surface area contributed by atoms with Gasteiger partial charge < -0.3 is 19.5 Å². The first-order valence-corrected chi connectivity index (χ1v) is 6.55. The summed E-state index contributed by atoms with van der Waals surface area (Å²) in [5.74, 6) is 1.38. The highest BCUT2D eigenvalue weighted by atomic mass is 35.5. The van der Waals surface area contributed by atoms with Crippen molar-refractivity contribution < 1.29 is 14.2 Å². The zero-order chi connectivity index (χ0) is 12.5. The molecule has 1 aromatic carbocycles. The summed E-state index contributed by atoms with van der Waals surface area (Å²) in [6.45, 7) is 3.94.